The Balaban J connectivity index is 0. The van der Waals surface area contributed by atoms with Crippen molar-refractivity contribution in [2.75, 3.05) is 0 Å². The van der Waals surface area contributed by atoms with Crippen molar-refractivity contribution in [2.45, 2.75) is 77.7 Å². The van der Waals surface area contributed by atoms with E-state index < -0.39 is 5.60 Å². The zero-order chi connectivity index (χ0) is 10.2. The lowest BCUT2D eigenvalue weighted by Gasteiger charge is -2.16. The smallest absolute Gasteiger partial charge is 0.0591 e. The first-order valence-corrected chi connectivity index (χ1v) is 5.78. The van der Waals surface area contributed by atoms with Gasteiger partial charge >= 0.3 is 0 Å². The van der Waals surface area contributed by atoms with E-state index in [1.165, 1.54) is 44.9 Å². The lowest BCUT2D eigenvalue weighted by Crippen LogP contribution is -2.17. The third-order valence-corrected chi connectivity index (χ3v) is 2.39. The molecule has 2 heteroatoms. The predicted octanol–water partition coefficient (Wildman–Crippen LogP) is 4.06. The Morgan fingerprint density at radius 3 is 1.71 bits per heavy atom. The zero-order valence-electron chi connectivity index (χ0n) is 10.3. The number of hydrogen-bond donors (Lipinski definition) is 2. The number of unbranched alkanes of at least 4 members (excludes halogenated alkanes) is 6. The van der Waals surface area contributed by atoms with Crippen LogP contribution in [-0.4, -0.2) is 10.7 Å². The molecule has 4 N–H and O–H groups in total. The molecule has 0 heterocycles. The summed E-state index contributed by atoms with van der Waals surface area (Å²) in [6, 6.07) is 0. The average molecular weight is 203 g/mol. The number of aliphatic hydroxyl groups is 1. The highest BCUT2D eigenvalue weighted by molar-refractivity contribution is 4.64. The van der Waals surface area contributed by atoms with E-state index in [1.54, 1.807) is 0 Å². The number of rotatable bonds is 8. The normalized spacial score (nSPS) is 11.1. The summed E-state index contributed by atoms with van der Waals surface area (Å²) in [5, 5.41) is 9.46. The molecular weight excluding hydrogens is 174 g/mol. The molecule has 14 heavy (non-hydrogen) atoms. The van der Waals surface area contributed by atoms with Gasteiger partial charge in [0.1, 0.15) is 0 Å². The Morgan fingerprint density at radius 1 is 0.857 bits per heavy atom. The molecule has 0 spiro atoms. The molecule has 0 saturated heterocycles. The summed E-state index contributed by atoms with van der Waals surface area (Å²) in [6.07, 6.45) is 10.2. The number of hydrogen-bond acceptors (Lipinski definition) is 2. The van der Waals surface area contributed by atoms with Gasteiger partial charge in [-0.15, -0.1) is 0 Å². The van der Waals surface area contributed by atoms with Gasteiger partial charge in [0, 0.05) is 0 Å². The summed E-state index contributed by atoms with van der Waals surface area (Å²) in [5.41, 5.74) is -0.455. The maximum atomic E-state index is 9.46. The maximum absolute atomic E-state index is 9.46. The van der Waals surface area contributed by atoms with E-state index in [0.29, 0.717) is 0 Å². The van der Waals surface area contributed by atoms with Gasteiger partial charge in [0.15, 0.2) is 0 Å². The van der Waals surface area contributed by atoms with Crippen LogP contribution in [0.25, 0.3) is 0 Å². The van der Waals surface area contributed by atoms with E-state index in [1.807, 2.05) is 13.8 Å². The van der Waals surface area contributed by atoms with Crippen LogP contribution in [0.3, 0.4) is 0 Å². The third kappa shape index (κ3) is 14.4. The average Bonchev–Trinajstić information content (AvgIpc) is 2.01. The Kier molecular flexibility index (Phi) is 11.1. The lowest BCUT2D eigenvalue weighted by atomic mass is 10.00. The molecule has 0 aromatic rings. The molecule has 0 fully saturated rings. The highest BCUT2D eigenvalue weighted by Gasteiger charge is 2.10. The van der Waals surface area contributed by atoms with E-state index in [9.17, 15) is 5.11 Å². The largest absolute Gasteiger partial charge is 0.390 e. The summed E-state index contributed by atoms with van der Waals surface area (Å²) in [7, 11) is 0. The molecule has 0 aliphatic carbocycles. The third-order valence-electron chi connectivity index (χ3n) is 2.39. The molecule has 0 rings (SSSR count). The van der Waals surface area contributed by atoms with Crippen molar-refractivity contribution in [3.8, 4) is 0 Å². The molecule has 0 aliphatic heterocycles. The van der Waals surface area contributed by atoms with Crippen LogP contribution in [-0.2, 0) is 0 Å². The summed E-state index contributed by atoms with van der Waals surface area (Å²) in [6.45, 7) is 6.03. The van der Waals surface area contributed by atoms with Crippen molar-refractivity contribution in [1.82, 2.24) is 6.15 Å². The first kappa shape index (κ1) is 16.4. The minimum absolute atomic E-state index is 0. The van der Waals surface area contributed by atoms with E-state index in [2.05, 4.69) is 6.92 Å². The molecule has 0 aromatic carbocycles. The van der Waals surface area contributed by atoms with E-state index in [-0.39, 0.29) is 6.15 Å². The molecule has 0 aromatic heterocycles. The van der Waals surface area contributed by atoms with Crippen LogP contribution < -0.4 is 6.15 Å². The van der Waals surface area contributed by atoms with Crippen molar-refractivity contribution in [2.24, 2.45) is 0 Å². The maximum Gasteiger partial charge on any atom is 0.0591 e. The van der Waals surface area contributed by atoms with Gasteiger partial charge in [-0.25, -0.2) is 0 Å². The minimum Gasteiger partial charge on any atom is -0.390 e. The summed E-state index contributed by atoms with van der Waals surface area (Å²) in [5.74, 6) is 0. The van der Waals surface area contributed by atoms with Crippen molar-refractivity contribution in [3.63, 3.8) is 0 Å². The van der Waals surface area contributed by atoms with Crippen molar-refractivity contribution in [3.05, 3.63) is 0 Å². The molecule has 2 nitrogen and oxygen atoms in total. The van der Waals surface area contributed by atoms with Gasteiger partial charge in [0.2, 0.25) is 0 Å². The van der Waals surface area contributed by atoms with Gasteiger partial charge in [-0.2, -0.15) is 0 Å². The Labute approximate surface area is 89.7 Å². The topological polar surface area (TPSA) is 55.2 Å². The van der Waals surface area contributed by atoms with Crippen molar-refractivity contribution >= 4 is 0 Å². The molecule has 0 atom stereocenters. The Bertz CT molecular complexity index is 107. The zero-order valence-corrected chi connectivity index (χ0v) is 10.3. The standard InChI is InChI=1S/C12H26O.H3N/c1-4-5-6-7-8-9-10-11-12(2,3)13;/h13H,4-11H2,1-3H3;1H3. The molecule has 0 unspecified atom stereocenters. The highest BCUT2D eigenvalue weighted by Crippen LogP contribution is 2.14. The van der Waals surface area contributed by atoms with Gasteiger partial charge in [-0.3, -0.25) is 0 Å². The summed E-state index contributed by atoms with van der Waals surface area (Å²) >= 11 is 0. The fourth-order valence-corrected chi connectivity index (χ4v) is 1.51. The van der Waals surface area contributed by atoms with Crippen LogP contribution in [0, 0.1) is 0 Å². The molecule has 0 radical (unpaired) electrons. The first-order valence-electron chi connectivity index (χ1n) is 5.78. The van der Waals surface area contributed by atoms with Crippen LogP contribution in [0.5, 0.6) is 0 Å². The molecular formula is C12H29NO. The fourth-order valence-electron chi connectivity index (χ4n) is 1.51. The molecule has 0 amide bonds. The fraction of sp³-hybridized carbons (Fsp3) is 1.00. The van der Waals surface area contributed by atoms with E-state index in [0.717, 1.165) is 6.42 Å². The van der Waals surface area contributed by atoms with Crippen molar-refractivity contribution < 1.29 is 5.11 Å². The van der Waals surface area contributed by atoms with E-state index >= 15 is 0 Å². The van der Waals surface area contributed by atoms with Crippen LogP contribution in [0.2, 0.25) is 0 Å². The van der Waals surface area contributed by atoms with Crippen molar-refractivity contribution in [1.29, 1.82) is 0 Å². The van der Waals surface area contributed by atoms with Crippen LogP contribution in [0.4, 0.5) is 0 Å². The Hall–Kier alpha value is -0.0800. The minimum atomic E-state index is -0.455. The summed E-state index contributed by atoms with van der Waals surface area (Å²) in [4.78, 5) is 0. The second-order valence-corrected chi connectivity index (χ2v) is 4.68. The molecule has 88 valence electrons. The second kappa shape index (κ2) is 9.47. The van der Waals surface area contributed by atoms with Crippen LogP contribution in [0.15, 0.2) is 0 Å². The summed E-state index contributed by atoms with van der Waals surface area (Å²) < 4.78 is 0. The van der Waals surface area contributed by atoms with Gasteiger partial charge in [0.05, 0.1) is 5.60 Å². The predicted molar refractivity (Wildman–Crippen MR) is 63.9 cm³/mol. The molecule has 0 bridgehead atoms. The Morgan fingerprint density at radius 2 is 1.29 bits per heavy atom. The molecule has 0 saturated carbocycles. The van der Waals surface area contributed by atoms with Gasteiger partial charge in [-0.05, 0) is 20.3 Å². The SMILES string of the molecule is CCCCCCCCCC(C)(C)O.N. The van der Waals surface area contributed by atoms with Crippen LogP contribution >= 0.6 is 0 Å². The van der Waals surface area contributed by atoms with Crippen LogP contribution in [0.1, 0.15) is 72.1 Å². The van der Waals surface area contributed by atoms with Gasteiger partial charge < -0.3 is 11.3 Å². The quantitative estimate of drug-likeness (QED) is 0.584. The highest BCUT2D eigenvalue weighted by atomic mass is 16.3. The van der Waals surface area contributed by atoms with Gasteiger partial charge in [-0.1, -0.05) is 51.9 Å². The molecule has 0 aliphatic rings. The second-order valence-electron chi connectivity index (χ2n) is 4.68. The van der Waals surface area contributed by atoms with E-state index in [4.69, 9.17) is 0 Å². The monoisotopic (exact) mass is 203 g/mol. The first-order chi connectivity index (χ1) is 6.06. The van der Waals surface area contributed by atoms with Gasteiger partial charge in [0.25, 0.3) is 0 Å². The lowest BCUT2D eigenvalue weighted by molar-refractivity contribution is 0.0680.